The number of hydrogen-bond acceptors (Lipinski definition) is 3. The Hall–Kier alpha value is -1.71. The molecule has 1 aromatic carbocycles. The van der Waals surface area contributed by atoms with Crippen LogP contribution in [0.5, 0.6) is 0 Å². The lowest BCUT2D eigenvalue weighted by Gasteiger charge is -2.01. The Morgan fingerprint density at radius 1 is 1.25 bits per heavy atom. The normalized spacial score (nSPS) is 15.1. The number of hydrogen-bond donors (Lipinski definition) is 1. The van der Waals surface area contributed by atoms with Crippen LogP contribution in [-0.2, 0) is 6.54 Å². The second-order valence-corrected chi connectivity index (χ2v) is 5.59. The first-order chi connectivity index (χ1) is 9.81. The smallest absolute Gasteiger partial charge is 0.153 e. The average molecular weight is 288 g/mol. The second kappa shape index (κ2) is 4.69. The van der Waals surface area contributed by atoms with Gasteiger partial charge in [-0.2, -0.15) is 0 Å². The maximum atomic E-state index is 6.15. The minimum atomic E-state index is 0.634. The first kappa shape index (κ1) is 12.1. The molecule has 1 saturated carbocycles. The number of nitrogens with one attached hydrogen (secondary N) is 1. The van der Waals surface area contributed by atoms with Crippen LogP contribution in [-0.4, -0.2) is 6.04 Å². The van der Waals surface area contributed by atoms with Crippen molar-refractivity contribution in [2.45, 2.75) is 25.4 Å². The summed E-state index contributed by atoms with van der Waals surface area (Å²) in [7, 11) is 0. The summed E-state index contributed by atoms with van der Waals surface area (Å²) in [5.74, 6) is 1.71. The molecule has 1 aliphatic rings. The molecule has 20 heavy (non-hydrogen) atoms. The van der Waals surface area contributed by atoms with Crippen molar-refractivity contribution >= 4 is 22.6 Å². The van der Waals surface area contributed by atoms with Crippen LogP contribution in [0.2, 0.25) is 5.02 Å². The van der Waals surface area contributed by atoms with Crippen molar-refractivity contribution in [2.24, 2.45) is 0 Å². The molecule has 0 unspecified atom stereocenters. The highest BCUT2D eigenvalue weighted by molar-refractivity contribution is 6.34. The SMILES string of the molecule is Clc1cccc2cc(-c3ccoc3CNC3CC3)oc12. The Morgan fingerprint density at radius 2 is 2.15 bits per heavy atom. The van der Waals surface area contributed by atoms with E-state index in [0.717, 1.165) is 34.6 Å². The molecule has 0 atom stereocenters. The quantitative estimate of drug-likeness (QED) is 0.762. The molecule has 0 aliphatic heterocycles. The van der Waals surface area contributed by atoms with Crippen molar-refractivity contribution in [3.8, 4) is 11.3 Å². The lowest BCUT2D eigenvalue weighted by Crippen LogP contribution is -2.15. The number of para-hydroxylation sites is 1. The van der Waals surface area contributed by atoms with Crippen molar-refractivity contribution in [1.29, 1.82) is 0 Å². The van der Waals surface area contributed by atoms with E-state index in [2.05, 4.69) is 5.32 Å². The number of rotatable bonds is 4. The molecule has 4 heteroatoms. The fourth-order valence-electron chi connectivity index (χ4n) is 2.38. The lowest BCUT2D eigenvalue weighted by atomic mass is 10.1. The predicted octanol–water partition coefficient (Wildman–Crippen LogP) is 4.60. The highest BCUT2D eigenvalue weighted by Crippen LogP contribution is 2.34. The van der Waals surface area contributed by atoms with Crippen LogP contribution in [0.25, 0.3) is 22.3 Å². The van der Waals surface area contributed by atoms with Gasteiger partial charge in [-0.05, 0) is 31.0 Å². The van der Waals surface area contributed by atoms with Crippen LogP contribution in [0.1, 0.15) is 18.6 Å². The van der Waals surface area contributed by atoms with Gasteiger partial charge in [0.05, 0.1) is 23.4 Å². The summed E-state index contributed by atoms with van der Waals surface area (Å²) in [6.07, 6.45) is 4.22. The summed E-state index contributed by atoms with van der Waals surface area (Å²) in [5, 5.41) is 5.10. The van der Waals surface area contributed by atoms with Crippen LogP contribution < -0.4 is 5.32 Å². The van der Waals surface area contributed by atoms with Crippen LogP contribution in [0.3, 0.4) is 0 Å². The average Bonchev–Trinajstić information content (AvgIpc) is 2.99. The first-order valence-electron chi connectivity index (χ1n) is 6.79. The highest BCUT2D eigenvalue weighted by Gasteiger charge is 2.22. The van der Waals surface area contributed by atoms with Crippen molar-refractivity contribution < 1.29 is 8.83 Å². The Kier molecular flexibility index (Phi) is 2.83. The molecule has 1 aliphatic carbocycles. The Labute approximate surface area is 121 Å². The third-order valence-electron chi connectivity index (χ3n) is 3.64. The number of furan rings is 2. The van der Waals surface area contributed by atoms with Gasteiger partial charge in [-0.3, -0.25) is 0 Å². The van der Waals surface area contributed by atoms with Gasteiger partial charge in [0.1, 0.15) is 11.5 Å². The maximum absolute atomic E-state index is 6.15. The van der Waals surface area contributed by atoms with Crippen molar-refractivity contribution in [3.63, 3.8) is 0 Å². The molecule has 0 saturated heterocycles. The molecule has 0 bridgehead atoms. The molecule has 102 valence electrons. The van der Waals surface area contributed by atoms with E-state index in [1.54, 1.807) is 6.26 Å². The summed E-state index contributed by atoms with van der Waals surface area (Å²) in [4.78, 5) is 0. The molecule has 3 aromatic rings. The highest BCUT2D eigenvalue weighted by atomic mass is 35.5. The van der Waals surface area contributed by atoms with Gasteiger partial charge in [0.25, 0.3) is 0 Å². The van der Waals surface area contributed by atoms with Gasteiger partial charge >= 0.3 is 0 Å². The Morgan fingerprint density at radius 3 is 2.95 bits per heavy atom. The summed E-state index contributed by atoms with van der Waals surface area (Å²) in [6, 6.07) is 10.4. The summed E-state index contributed by atoms with van der Waals surface area (Å²) in [6.45, 7) is 0.734. The number of halogens is 1. The summed E-state index contributed by atoms with van der Waals surface area (Å²) >= 11 is 6.15. The molecule has 4 rings (SSSR count). The van der Waals surface area contributed by atoms with E-state index in [0.29, 0.717) is 11.1 Å². The minimum Gasteiger partial charge on any atom is -0.467 e. The van der Waals surface area contributed by atoms with Crippen molar-refractivity contribution in [2.75, 3.05) is 0 Å². The zero-order valence-electron chi connectivity index (χ0n) is 10.9. The molecule has 2 aromatic heterocycles. The Balaban J connectivity index is 1.71. The standard InChI is InChI=1S/C16H14ClNO2/c17-13-3-1-2-10-8-14(20-16(10)13)12-6-7-19-15(12)9-18-11-4-5-11/h1-3,6-8,11,18H,4-5,9H2. The van der Waals surface area contributed by atoms with Crippen molar-refractivity contribution in [3.05, 3.63) is 47.4 Å². The van der Waals surface area contributed by atoms with E-state index in [4.69, 9.17) is 20.4 Å². The van der Waals surface area contributed by atoms with Gasteiger partial charge in [0.15, 0.2) is 5.58 Å². The molecule has 0 spiro atoms. The number of fused-ring (bicyclic) bond motifs is 1. The third-order valence-corrected chi connectivity index (χ3v) is 3.93. The van der Waals surface area contributed by atoms with E-state index >= 15 is 0 Å². The Bertz CT molecular complexity index is 755. The van der Waals surface area contributed by atoms with Gasteiger partial charge in [0, 0.05) is 11.4 Å². The van der Waals surface area contributed by atoms with E-state index in [9.17, 15) is 0 Å². The molecule has 3 nitrogen and oxygen atoms in total. The van der Waals surface area contributed by atoms with Gasteiger partial charge in [-0.15, -0.1) is 0 Å². The predicted molar refractivity (Wildman–Crippen MR) is 78.8 cm³/mol. The van der Waals surface area contributed by atoms with Crippen LogP contribution in [0.4, 0.5) is 0 Å². The molecule has 2 heterocycles. The molecule has 1 fully saturated rings. The zero-order chi connectivity index (χ0) is 13.5. The second-order valence-electron chi connectivity index (χ2n) is 5.18. The van der Waals surface area contributed by atoms with Gasteiger partial charge in [0.2, 0.25) is 0 Å². The van der Waals surface area contributed by atoms with E-state index in [1.165, 1.54) is 12.8 Å². The number of benzene rings is 1. The van der Waals surface area contributed by atoms with E-state index in [-0.39, 0.29) is 0 Å². The fourth-order valence-corrected chi connectivity index (χ4v) is 2.60. The van der Waals surface area contributed by atoms with Gasteiger partial charge < -0.3 is 14.2 Å². The van der Waals surface area contributed by atoms with E-state index in [1.807, 2.05) is 30.3 Å². The van der Waals surface area contributed by atoms with Gasteiger partial charge in [-0.25, -0.2) is 0 Å². The lowest BCUT2D eigenvalue weighted by molar-refractivity contribution is 0.481. The van der Waals surface area contributed by atoms with Gasteiger partial charge in [-0.1, -0.05) is 23.7 Å². The van der Waals surface area contributed by atoms with Crippen LogP contribution in [0, 0.1) is 0 Å². The summed E-state index contributed by atoms with van der Waals surface area (Å²) in [5.41, 5.74) is 1.72. The maximum Gasteiger partial charge on any atom is 0.153 e. The van der Waals surface area contributed by atoms with Crippen LogP contribution in [0.15, 0.2) is 45.4 Å². The molecule has 0 amide bonds. The van der Waals surface area contributed by atoms with Crippen molar-refractivity contribution in [1.82, 2.24) is 5.32 Å². The third kappa shape index (κ3) is 2.13. The molecular formula is C16H14ClNO2. The zero-order valence-corrected chi connectivity index (χ0v) is 11.6. The minimum absolute atomic E-state index is 0.634. The van der Waals surface area contributed by atoms with Crippen LogP contribution >= 0.6 is 11.6 Å². The monoisotopic (exact) mass is 287 g/mol. The summed E-state index contributed by atoms with van der Waals surface area (Å²) < 4.78 is 11.5. The molecular weight excluding hydrogens is 274 g/mol. The first-order valence-corrected chi connectivity index (χ1v) is 7.17. The molecule has 1 N–H and O–H groups in total. The largest absolute Gasteiger partial charge is 0.467 e. The fraction of sp³-hybridized carbons (Fsp3) is 0.250. The topological polar surface area (TPSA) is 38.3 Å². The molecule has 0 radical (unpaired) electrons. The van der Waals surface area contributed by atoms with E-state index < -0.39 is 0 Å².